The highest BCUT2D eigenvalue weighted by atomic mass is 79.9. The number of hydrogen-bond donors (Lipinski definition) is 1. The lowest BCUT2D eigenvalue weighted by molar-refractivity contribution is 0.0940. The highest BCUT2D eigenvalue weighted by Crippen LogP contribution is 2.25. The van der Waals surface area contributed by atoms with Crippen molar-refractivity contribution in [1.82, 2.24) is 14.9 Å². The summed E-state index contributed by atoms with van der Waals surface area (Å²) in [4.78, 5) is 13.2. The number of amides is 1. The number of hydrogen-bond acceptors (Lipinski definition) is 4. The van der Waals surface area contributed by atoms with E-state index in [0.29, 0.717) is 9.70 Å². The molecule has 0 radical (unpaired) electrons. The maximum atomic E-state index is 12.2. The molecule has 0 aliphatic carbocycles. The van der Waals surface area contributed by atoms with Gasteiger partial charge in [-0.2, -0.15) is 0 Å². The number of carbonyl (C=O) groups is 1. The van der Waals surface area contributed by atoms with Crippen molar-refractivity contribution in [2.45, 2.75) is 57.3 Å². The van der Waals surface area contributed by atoms with Crippen LogP contribution in [0.15, 0.2) is 0 Å². The van der Waals surface area contributed by atoms with Crippen LogP contribution in [0, 0.1) is 0 Å². The van der Waals surface area contributed by atoms with Crippen LogP contribution < -0.4 is 5.32 Å². The maximum absolute atomic E-state index is 12.2. The van der Waals surface area contributed by atoms with Crippen molar-refractivity contribution in [2.24, 2.45) is 0 Å². The van der Waals surface area contributed by atoms with Gasteiger partial charge in [-0.1, -0.05) is 48.1 Å². The van der Waals surface area contributed by atoms with E-state index in [1.807, 2.05) is 27.7 Å². The first-order valence-electron chi connectivity index (χ1n) is 5.99. The van der Waals surface area contributed by atoms with Crippen LogP contribution in [0.4, 0.5) is 0 Å². The number of nitrogens with one attached hydrogen (secondary N) is 1. The summed E-state index contributed by atoms with van der Waals surface area (Å²) in [7, 11) is 0. The van der Waals surface area contributed by atoms with Crippen LogP contribution >= 0.6 is 27.5 Å². The molecule has 1 aromatic rings. The Balaban J connectivity index is 2.77. The molecule has 0 saturated carbocycles. The van der Waals surface area contributed by atoms with Crippen molar-refractivity contribution in [3.63, 3.8) is 0 Å². The fourth-order valence-corrected chi connectivity index (χ4v) is 3.01. The average Bonchev–Trinajstić information content (AvgIpc) is 2.62. The first-order valence-corrected chi connectivity index (χ1v) is 7.68. The van der Waals surface area contributed by atoms with Crippen LogP contribution in [0.3, 0.4) is 0 Å². The zero-order chi connectivity index (χ0) is 13.9. The highest BCUT2D eigenvalue weighted by Gasteiger charge is 2.26. The maximum Gasteiger partial charge on any atom is 0.265 e. The Hall–Kier alpha value is -0.490. The van der Waals surface area contributed by atoms with Crippen LogP contribution in [0.25, 0.3) is 0 Å². The Bertz CT molecular complexity index is 412. The number of alkyl halides is 1. The Labute approximate surface area is 121 Å². The van der Waals surface area contributed by atoms with Gasteiger partial charge in [-0.25, -0.2) is 0 Å². The second-order valence-corrected chi connectivity index (χ2v) is 7.91. The summed E-state index contributed by atoms with van der Waals surface area (Å²) in [5, 5.41) is 7.06. The third kappa shape index (κ3) is 4.31. The van der Waals surface area contributed by atoms with Gasteiger partial charge in [0.25, 0.3) is 5.91 Å². The molecule has 102 valence electrons. The molecule has 0 saturated heterocycles. The minimum absolute atomic E-state index is 0.0735. The van der Waals surface area contributed by atoms with E-state index in [2.05, 4.69) is 37.8 Å². The molecule has 0 spiro atoms. The van der Waals surface area contributed by atoms with Crippen molar-refractivity contribution in [2.75, 3.05) is 0 Å². The molecule has 0 aliphatic rings. The standard InChI is InChI=1S/C12H20BrN3OS/c1-7(13)6-8(2)14-11(17)9-10(12(3,4)5)15-16-18-9/h7-8H,6H2,1-5H3,(H,14,17). The summed E-state index contributed by atoms with van der Waals surface area (Å²) in [5.41, 5.74) is 0.607. The number of nitrogens with zero attached hydrogens (tertiary/aromatic N) is 2. The fourth-order valence-electron chi connectivity index (χ4n) is 1.67. The minimum Gasteiger partial charge on any atom is -0.349 e. The molecule has 6 heteroatoms. The molecule has 0 aliphatic heterocycles. The van der Waals surface area contributed by atoms with E-state index in [9.17, 15) is 4.79 Å². The lowest BCUT2D eigenvalue weighted by Gasteiger charge is -2.18. The van der Waals surface area contributed by atoms with Gasteiger partial charge in [0.05, 0.1) is 5.69 Å². The average molecular weight is 334 g/mol. The van der Waals surface area contributed by atoms with Gasteiger partial charge >= 0.3 is 0 Å². The molecule has 0 bridgehead atoms. The van der Waals surface area contributed by atoms with Crippen LogP contribution in [0.5, 0.6) is 0 Å². The Kier molecular flexibility index (Phi) is 5.28. The van der Waals surface area contributed by atoms with Gasteiger partial charge in [0, 0.05) is 16.3 Å². The number of carbonyl (C=O) groups excluding carboxylic acids is 1. The molecular weight excluding hydrogens is 314 g/mol. The molecule has 4 nitrogen and oxygen atoms in total. The van der Waals surface area contributed by atoms with Crippen molar-refractivity contribution in [3.8, 4) is 0 Å². The lowest BCUT2D eigenvalue weighted by atomic mass is 9.91. The SMILES string of the molecule is CC(Br)CC(C)NC(=O)c1snnc1C(C)(C)C. The van der Waals surface area contributed by atoms with Gasteiger partial charge in [-0.15, -0.1) is 5.10 Å². The van der Waals surface area contributed by atoms with Gasteiger partial charge in [0.2, 0.25) is 0 Å². The van der Waals surface area contributed by atoms with Gasteiger partial charge in [-0.05, 0) is 24.9 Å². The quantitative estimate of drug-likeness (QED) is 0.861. The summed E-state index contributed by atoms with van der Waals surface area (Å²) in [6, 6.07) is 0.127. The molecule has 1 N–H and O–H groups in total. The molecule has 1 aromatic heterocycles. The third-order valence-corrected chi connectivity index (χ3v) is 3.56. The van der Waals surface area contributed by atoms with Crippen molar-refractivity contribution >= 4 is 33.4 Å². The molecule has 0 aromatic carbocycles. The van der Waals surface area contributed by atoms with E-state index in [4.69, 9.17) is 0 Å². The second-order valence-electron chi connectivity index (χ2n) is 5.59. The molecule has 18 heavy (non-hydrogen) atoms. The topological polar surface area (TPSA) is 54.9 Å². The van der Waals surface area contributed by atoms with Gasteiger partial charge in [0.15, 0.2) is 0 Å². The monoisotopic (exact) mass is 333 g/mol. The molecular formula is C12H20BrN3OS. The zero-order valence-electron chi connectivity index (χ0n) is 11.5. The summed E-state index contributed by atoms with van der Waals surface area (Å²) in [6.45, 7) is 10.2. The lowest BCUT2D eigenvalue weighted by Crippen LogP contribution is -2.34. The normalized spacial score (nSPS) is 15.2. The van der Waals surface area contributed by atoms with E-state index in [1.165, 1.54) is 0 Å². The van der Waals surface area contributed by atoms with Gasteiger partial charge < -0.3 is 5.32 Å². The molecule has 1 amide bonds. The van der Waals surface area contributed by atoms with Crippen molar-refractivity contribution in [1.29, 1.82) is 0 Å². The van der Waals surface area contributed by atoms with Crippen LogP contribution in [-0.4, -0.2) is 26.4 Å². The van der Waals surface area contributed by atoms with E-state index < -0.39 is 0 Å². The highest BCUT2D eigenvalue weighted by molar-refractivity contribution is 9.09. The molecule has 1 heterocycles. The summed E-state index contributed by atoms with van der Waals surface area (Å²) in [6.07, 6.45) is 0.892. The van der Waals surface area contributed by atoms with Crippen LogP contribution in [-0.2, 0) is 5.41 Å². The number of halogens is 1. The number of aromatic nitrogens is 2. The van der Waals surface area contributed by atoms with Crippen LogP contribution in [0.1, 0.15) is 56.4 Å². The smallest absolute Gasteiger partial charge is 0.265 e. The first-order chi connectivity index (χ1) is 8.21. The second kappa shape index (κ2) is 6.10. The van der Waals surface area contributed by atoms with Crippen LogP contribution in [0.2, 0.25) is 0 Å². The number of rotatable bonds is 4. The predicted octanol–water partition coefficient (Wildman–Crippen LogP) is 3.13. The van der Waals surface area contributed by atoms with E-state index >= 15 is 0 Å². The molecule has 0 fully saturated rings. The van der Waals surface area contributed by atoms with Crippen molar-refractivity contribution in [3.05, 3.63) is 10.6 Å². The zero-order valence-corrected chi connectivity index (χ0v) is 13.9. The summed E-state index contributed by atoms with van der Waals surface area (Å²) >= 11 is 4.65. The van der Waals surface area contributed by atoms with Gasteiger partial charge in [-0.3, -0.25) is 4.79 Å². The molecule has 2 unspecified atom stereocenters. The molecule has 2 atom stereocenters. The van der Waals surface area contributed by atoms with E-state index in [-0.39, 0.29) is 17.4 Å². The Morgan fingerprint density at radius 2 is 2.06 bits per heavy atom. The third-order valence-electron chi connectivity index (χ3n) is 2.46. The fraction of sp³-hybridized carbons (Fsp3) is 0.750. The summed E-state index contributed by atoms with van der Waals surface area (Å²) < 4.78 is 3.90. The summed E-state index contributed by atoms with van der Waals surface area (Å²) in [5.74, 6) is -0.0735. The molecule has 1 rings (SSSR count). The predicted molar refractivity (Wildman–Crippen MR) is 78.5 cm³/mol. The minimum atomic E-state index is -0.161. The first kappa shape index (κ1) is 15.6. The Morgan fingerprint density at radius 1 is 1.44 bits per heavy atom. The van der Waals surface area contributed by atoms with Crippen molar-refractivity contribution < 1.29 is 4.79 Å². The Morgan fingerprint density at radius 3 is 2.56 bits per heavy atom. The van der Waals surface area contributed by atoms with Gasteiger partial charge in [0.1, 0.15) is 4.88 Å². The van der Waals surface area contributed by atoms with E-state index in [1.54, 1.807) is 0 Å². The largest absolute Gasteiger partial charge is 0.349 e. The van der Waals surface area contributed by atoms with E-state index in [0.717, 1.165) is 23.6 Å².